The number of carboxylic acids is 1. The van der Waals surface area contributed by atoms with E-state index in [-0.39, 0.29) is 5.92 Å². The summed E-state index contributed by atoms with van der Waals surface area (Å²) >= 11 is 0. The van der Waals surface area contributed by atoms with Gasteiger partial charge < -0.3 is 5.11 Å². The fourth-order valence-corrected chi connectivity index (χ4v) is 3.04. The largest absolute Gasteiger partial charge is 0.481 e. The van der Waals surface area contributed by atoms with Crippen LogP contribution in [0, 0.1) is 11.8 Å². The van der Waals surface area contributed by atoms with E-state index in [1.807, 2.05) is 0 Å². The van der Waals surface area contributed by atoms with Crippen LogP contribution >= 0.6 is 0 Å². The fraction of sp³-hybridized carbons (Fsp3) is 0.588. The predicted molar refractivity (Wildman–Crippen MR) is 80.7 cm³/mol. The SMILES string of the molecule is CC1CC(C(=O)O)CN(Cc2ccc(C(C)C)cc2)C1. The summed E-state index contributed by atoms with van der Waals surface area (Å²) < 4.78 is 0. The van der Waals surface area contributed by atoms with Crippen LogP contribution in [0.2, 0.25) is 0 Å². The molecule has 1 saturated heterocycles. The maximum Gasteiger partial charge on any atom is 0.307 e. The molecule has 1 fully saturated rings. The highest BCUT2D eigenvalue weighted by Crippen LogP contribution is 2.23. The first-order valence-corrected chi connectivity index (χ1v) is 7.49. The van der Waals surface area contributed by atoms with E-state index < -0.39 is 5.97 Å². The lowest BCUT2D eigenvalue weighted by atomic mass is 9.90. The summed E-state index contributed by atoms with van der Waals surface area (Å²) in [5, 5.41) is 9.21. The van der Waals surface area contributed by atoms with Crippen molar-refractivity contribution >= 4 is 5.97 Å². The Bertz CT molecular complexity index is 453. The number of carbonyl (C=O) groups is 1. The van der Waals surface area contributed by atoms with Gasteiger partial charge in [-0.05, 0) is 29.4 Å². The second-order valence-electron chi connectivity index (χ2n) is 6.47. The summed E-state index contributed by atoms with van der Waals surface area (Å²) in [6.45, 7) is 9.05. The second-order valence-corrected chi connectivity index (χ2v) is 6.47. The minimum Gasteiger partial charge on any atom is -0.481 e. The number of aliphatic carboxylic acids is 1. The van der Waals surface area contributed by atoms with Crippen LogP contribution in [0.3, 0.4) is 0 Å². The van der Waals surface area contributed by atoms with Gasteiger partial charge in [0.05, 0.1) is 5.92 Å². The molecule has 3 nitrogen and oxygen atoms in total. The summed E-state index contributed by atoms with van der Waals surface area (Å²) in [7, 11) is 0. The molecule has 2 unspecified atom stereocenters. The zero-order chi connectivity index (χ0) is 14.7. The molecule has 1 aliphatic rings. The number of rotatable bonds is 4. The number of hydrogen-bond donors (Lipinski definition) is 1. The van der Waals surface area contributed by atoms with Gasteiger partial charge in [0.1, 0.15) is 0 Å². The molecular weight excluding hydrogens is 250 g/mol. The van der Waals surface area contributed by atoms with Crippen molar-refractivity contribution in [3.63, 3.8) is 0 Å². The predicted octanol–water partition coefficient (Wildman–Crippen LogP) is 3.35. The first-order valence-electron chi connectivity index (χ1n) is 7.49. The van der Waals surface area contributed by atoms with Gasteiger partial charge in [0, 0.05) is 19.6 Å². The highest BCUT2D eigenvalue weighted by Gasteiger charge is 2.29. The molecule has 2 rings (SSSR count). The van der Waals surface area contributed by atoms with Crippen LogP contribution in [-0.4, -0.2) is 29.1 Å². The van der Waals surface area contributed by atoms with Crippen molar-refractivity contribution < 1.29 is 9.90 Å². The number of carboxylic acid groups (broad SMARTS) is 1. The molecule has 0 saturated carbocycles. The molecule has 0 amide bonds. The van der Waals surface area contributed by atoms with Gasteiger partial charge in [0.25, 0.3) is 0 Å². The van der Waals surface area contributed by atoms with E-state index in [1.54, 1.807) is 0 Å². The van der Waals surface area contributed by atoms with Gasteiger partial charge in [-0.2, -0.15) is 0 Å². The summed E-state index contributed by atoms with van der Waals surface area (Å²) in [6, 6.07) is 8.71. The first-order chi connectivity index (χ1) is 9.45. The van der Waals surface area contributed by atoms with Crippen LogP contribution in [0.1, 0.15) is 44.2 Å². The minimum atomic E-state index is -0.656. The quantitative estimate of drug-likeness (QED) is 0.916. The van der Waals surface area contributed by atoms with Crippen molar-refractivity contribution in [1.29, 1.82) is 0 Å². The van der Waals surface area contributed by atoms with Crippen molar-refractivity contribution in [2.45, 2.75) is 39.7 Å². The lowest BCUT2D eigenvalue weighted by Crippen LogP contribution is -2.41. The minimum absolute atomic E-state index is 0.214. The van der Waals surface area contributed by atoms with Gasteiger partial charge in [-0.3, -0.25) is 9.69 Å². The maximum absolute atomic E-state index is 11.2. The molecule has 3 heteroatoms. The lowest BCUT2D eigenvalue weighted by molar-refractivity contribution is -0.144. The zero-order valence-corrected chi connectivity index (χ0v) is 12.7. The molecule has 1 N–H and O–H groups in total. The van der Waals surface area contributed by atoms with Crippen LogP contribution in [-0.2, 0) is 11.3 Å². The van der Waals surface area contributed by atoms with Gasteiger partial charge in [-0.25, -0.2) is 0 Å². The van der Waals surface area contributed by atoms with E-state index in [0.29, 0.717) is 18.4 Å². The third-order valence-corrected chi connectivity index (χ3v) is 4.14. The van der Waals surface area contributed by atoms with Crippen molar-refractivity contribution in [3.05, 3.63) is 35.4 Å². The average Bonchev–Trinajstić information content (AvgIpc) is 2.38. The van der Waals surface area contributed by atoms with E-state index in [4.69, 9.17) is 0 Å². The molecule has 0 aliphatic carbocycles. The summed E-state index contributed by atoms with van der Waals surface area (Å²) in [5.41, 5.74) is 2.62. The molecule has 110 valence electrons. The van der Waals surface area contributed by atoms with Gasteiger partial charge in [0.15, 0.2) is 0 Å². The Hall–Kier alpha value is -1.35. The van der Waals surface area contributed by atoms with Gasteiger partial charge in [-0.15, -0.1) is 0 Å². The van der Waals surface area contributed by atoms with Crippen LogP contribution in [0.15, 0.2) is 24.3 Å². The summed E-state index contributed by atoms with van der Waals surface area (Å²) in [5.74, 6) is 0.139. The fourth-order valence-electron chi connectivity index (χ4n) is 3.04. The van der Waals surface area contributed by atoms with Crippen molar-refractivity contribution in [2.24, 2.45) is 11.8 Å². The highest BCUT2D eigenvalue weighted by molar-refractivity contribution is 5.70. The van der Waals surface area contributed by atoms with Gasteiger partial charge in [-0.1, -0.05) is 45.0 Å². The zero-order valence-electron chi connectivity index (χ0n) is 12.7. The van der Waals surface area contributed by atoms with Crippen LogP contribution in [0.4, 0.5) is 0 Å². The Morgan fingerprint density at radius 2 is 1.95 bits per heavy atom. The molecular formula is C17H25NO2. The molecule has 0 aromatic heterocycles. The Morgan fingerprint density at radius 3 is 2.50 bits per heavy atom. The summed E-state index contributed by atoms with van der Waals surface area (Å²) in [6.07, 6.45) is 0.804. The Balaban J connectivity index is 1.99. The molecule has 1 aromatic rings. The Morgan fingerprint density at radius 1 is 1.30 bits per heavy atom. The molecule has 0 radical (unpaired) electrons. The smallest absolute Gasteiger partial charge is 0.307 e. The molecule has 2 atom stereocenters. The van der Waals surface area contributed by atoms with E-state index in [2.05, 4.69) is 49.9 Å². The highest BCUT2D eigenvalue weighted by atomic mass is 16.4. The van der Waals surface area contributed by atoms with E-state index >= 15 is 0 Å². The molecule has 1 aromatic carbocycles. The van der Waals surface area contributed by atoms with E-state index in [0.717, 1.165) is 19.5 Å². The van der Waals surface area contributed by atoms with Crippen LogP contribution in [0.5, 0.6) is 0 Å². The number of hydrogen-bond acceptors (Lipinski definition) is 2. The monoisotopic (exact) mass is 275 g/mol. The van der Waals surface area contributed by atoms with Gasteiger partial charge >= 0.3 is 5.97 Å². The van der Waals surface area contributed by atoms with E-state index in [9.17, 15) is 9.90 Å². The Kier molecular flexibility index (Phi) is 4.81. The molecule has 20 heavy (non-hydrogen) atoms. The Labute approximate surface area is 121 Å². The van der Waals surface area contributed by atoms with Gasteiger partial charge in [0.2, 0.25) is 0 Å². The van der Waals surface area contributed by atoms with Crippen LogP contribution < -0.4 is 0 Å². The lowest BCUT2D eigenvalue weighted by Gasteiger charge is -2.34. The summed E-state index contributed by atoms with van der Waals surface area (Å²) in [4.78, 5) is 13.5. The van der Waals surface area contributed by atoms with Crippen LogP contribution in [0.25, 0.3) is 0 Å². The normalized spacial score (nSPS) is 24.0. The maximum atomic E-state index is 11.2. The number of nitrogens with zero attached hydrogens (tertiary/aromatic N) is 1. The van der Waals surface area contributed by atoms with Crippen molar-refractivity contribution in [2.75, 3.05) is 13.1 Å². The standard InChI is InChI=1S/C17H25NO2/c1-12(2)15-6-4-14(5-7-15)10-18-9-13(3)8-16(11-18)17(19)20/h4-7,12-13,16H,8-11H2,1-3H3,(H,19,20). The van der Waals surface area contributed by atoms with E-state index in [1.165, 1.54) is 11.1 Å². The molecule has 1 aliphatic heterocycles. The molecule has 0 spiro atoms. The number of benzene rings is 1. The third kappa shape index (κ3) is 3.83. The number of likely N-dealkylation sites (tertiary alicyclic amines) is 1. The van der Waals surface area contributed by atoms with Crippen molar-refractivity contribution in [1.82, 2.24) is 4.90 Å². The molecule has 1 heterocycles. The first kappa shape index (κ1) is 15.0. The third-order valence-electron chi connectivity index (χ3n) is 4.14. The molecule has 0 bridgehead atoms. The second kappa shape index (κ2) is 6.40. The topological polar surface area (TPSA) is 40.5 Å². The van der Waals surface area contributed by atoms with Crippen molar-refractivity contribution in [3.8, 4) is 0 Å². The number of piperidine rings is 1. The average molecular weight is 275 g/mol.